The molecule has 0 spiro atoms. The molecule has 0 radical (unpaired) electrons. The van der Waals surface area contributed by atoms with Crippen LogP contribution in [0.5, 0.6) is 0 Å². The Balaban J connectivity index is 2.59. The van der Waals surface area contributed by atoms with Gasteiger partial charge in [0.2, 0.25) is 0 Å². The van der Waals surface area contributed by atoms with E-state index in [1.807, 2.05) is 0 Å². The van der Waals surface area contributed by atoms with Crippen molar-refractivity contribution in [2.45, 2.75) is 44.6 Å². The number of carbonyl (C=O) groups is 1. The third kappa shape index (κ3) is 3.07. The standard InChI is InChI=1S/C9H15N3O/c10-12-11-9-5-3-1-2-4-8(9)6-7-13/h7-9H,1-6H2/t8-,9+/m0/s1. The molecule has 0 unspecified atom stereocenters. The van der Waals surface area contributed by atoms with Crippen LogP contribution in [0.4, 0.5) is 0 Å². The van der Waals surface area contributed by atoms with E-state index in [2.05, 4.69) is 10.0 Å². The maximum absolute atomic E-state index is 10.4. The lowest BCUT2D eigenvalue weighted by atomic mass is 9.93. The molecular formula is C9H15N3O. The lowest BCUT2D eigenvalue weighted by molar-refractivity contribution is -0.108. The molecule has 0 heterocycles. The largest absolute Gasteiger partial charge is 0.303 e. The number of aldehydes is 1. The average molecular weight is 181 g/mol. The fourth-order valence-corrected chi connectivity index (χ4v) is 1.98. The molecule has 0 aromatic rings. The fraction of sp³-hybridized carbons (Fsp3) is 0.889. The lowest BCUT2D eigenvalue weighted by Crippen LogP contribution is -2.16. The molecule has 1 saturated carbocycles. The van der Waals surface area contributed by atoms with Gasteiger partial charge in [0.05, 0.1) is 0 Å². The Morgan fingerprint density at radius 1 is 1.38 bits per heavy atom. The molecule has 2 atom stereocenters. The first-order valence-electron chi connectivity index (χ1n) is 4.86. The van der Waals surface area contributed by atoms with Crippen LogP contribution in [0.15, 0.2) is 5.11 Å². The number of hydrogen-bond acceptors (Lipinski definition) is 2. The Labute approximate surface area is 77.9 Å². The minimum absolute atomic E-state index is 0.0534. The number of azide groups is 1. The zero-order chi connectivity index (χ0) is 9.52. The quantitative estimate of drug-likeness (QED) is 0.217. The van der Waals surface area contributed by atoms with Gasteiger partial charge in [-0.05, 0) is 24.3 Å². The summed E-state index contributed by atoms with van der Waals surface area (Å²) in [6.45, 7) is 0. The first-order valence-corrected chi connectivity index (χ1v) is 4.86. The van der Waals surface area contributed by atoms with Gasteiger partial charge in [-0.15, -0.1) is 0 Å². The molecule has 0 aromatic carbocycles. The van der Waals surface area contributed by atoms with Crippen molar-refractivity contribution in [3.8, 4) is 0 Å². The fourth-order valence-electron chi connectivity index (χ4n) is 1.98. The van der Waals surface area contributed by atoms with Crippen LogP contribution in [0.3, 0.4) is 0 Å². The van der Waals surface area contributed by atoms with Crippen molar-refractivity contribution >= 4 is 6.29 Å². The highest BCUT2D eigenvalue weighted by Crippen LogP contribution is 2.27. The van der Waals surface area contributed by atoms with Gasteiger partial charge in [0, 0.05) is 17.4 Å². The summed E-state index contributed by atoms with van der Waals surface area (Å²) in [5.74, 6) is 0.288. The summed E-state index contributed by atoms with van der Waals surface area (Å²) >= 11 is 0. The van der Waals surface area contributed by atoms with Crippen LogP contribution in [-0.2, 0) is 4.79 Å². The van der Waals surface area contributed by atoms with Crippen LogP contribution in [0.2, 0.25) is 0 Å². The molecule has 0 saturated heterocycles. The smallest absolute Gasteiger partial charge is 0.120 e. The maximum atomic E-state index is 10.4. The second-order valence-corrected chi connectivity index (χ2v) is 3.57. The third-order valence-electron chi connectivity index (χ3n) is 2.72. The second kappa shape index (κ2) is 5.60. The topological polar surface area (TPSA) is 65.8 Å². The number of carbonyl (C=O) groups excluding carboxylic acids is 1. The molecule has 13 heavy (non-hydrogen) atoms. The van der Waals surface area contributed by atoms with Gasteiger partial charge in [-0.2, -0.15) is 0 Å². The molecule has 1 fully saturated rings. The molecule has 0 aromatic heterocycles. The summed E-state index contributed by atoms with van der Waals surface area (Å²) < 4.78 is 0. The van der Waals surface area contributed by atoms with Crippen LogP contribution in [0, 0.1) is 5.92 Å². The molecule has 4 nitrogen and oxygen atoms in total. The first-order chi connectivity index (χ1) is 6.38. The van der Waals surface area contributed by atoms with Crippen molar-refractivity contribution in [2.75, 3.05) is 0 Å². The lowest BCUT2D eigenvalue weighted by Gasteiger charge is -2.17. The van der Waals surface area contributed by atoms with Crippen molar-refractivity contribution in [3.05, 3.63) is 10.4 Å². The van der Waals surface area contributed by atoms with Crippen LogP contribution >= 0.6 is 0 Å². The number of hydrogen-bond donors (Lipinski definition) is 0. The van der Waals surface area contributed by atoms with E-state index >= 15 is 0 Å². The predicted molar refractivity (Wildman–Crippen MR) is 50.2 cm³/mol. The van der Waals surface area contributed by atoms with Crippen LogP contribution in [0.1, 0.15) is 38.5 Å². The van der Waals surface area contributed by atoms with E-state index in [4.69, 9.17) is 5.53 Å². The van der Waals surface area contributed by atoms with E-state index in [-0.39, 0.29) is 12.0 Å². The molecule has 1 rings (SSSR count). The van der Waals surface area contributed by atoms with Gasteiger partial charge >= 0.3 is 0 Å². The zero-order valence-electron chi connectivity index (χ0n) is 7.72. The van der Waals surface area contributed by atoms with E-state index in [1.165, 1.54) is 6.42 Å². The summed E-state index contributed by atoms with van der Waals surface area (Å²) in [6.07, 6.45) is 6.95. The summed E-state index contributed by atoms with van der Waals surface area (Å²) in [6, 6.07) is 0.0534. The van der Waals surface area contributed by atoms with Crippen LogP contribution in [0.25, 0.3) is 10.4 Å². The predicted octanol–water partition coefficient (Wildman–Crippen LogP) is 2.83. The molecule has 1 aliphatic carbocycles. The minimum atomic E-state index is 0.0534. The number of rotatable bonds is 3. The Morgan fingerprint density at radius 2 is 2.15 bits per heavy atom. The van der Waals surface area contributed by atoms with Gasteiger partial charge in [-0.25, -0.2) is 0 Å². The second-order valence-electron chi connectivity index (χ2n) is 3.57. The normalized spacial score (nSPS) is 28.6. The van der Waals surface area contributed by atoms with Crippen molar-refractivity contribution in [1.82, 2.24) is 0 Å². The Morgan fingerprint density at radius 3 is 2.85 bits per heavy atom. The van der Waals surface area contributed by atoms with Crippen LogP contribution in [-0.4, -0.2) is 12.3 Å². The molecule has 1 aliphatic rings. The molecule has 4 heteroatoms. The maximum Gasteiger partial charge on any atom is 0.120 e. The molecule has 72 valence electrons. The van der Waals surface area contributed by atoms with E-state index in [0.717, 1.165) is 32.0 Å². The van der Waals surface area contributed by atoms with Gasteiger partial charge in [0.25, 0.3) is 0 Å². The molecule has 0 N–H and O–H groups in total. The van der Waals surface area contributed by atoms with Crippen LogP contribution < -0.4 is 0 Å². The van der Waals surface area contributed by atoms with Gasteiger partial charge in [0.1, 0.15) is 6.29 Å². The van der Waals surface area contributed by atoms with Gasteiger partial charge in [-0.3, -0.25) is 0 Å². The molecular weight excluding hydrogens is 166 g/mol. The monoisotopic (exact) mass is 181 g/mol. The highest BCUT2D eigenvalue weighted by molar-refractivity contribution is 5.49. The number of nitrogens with zero attached hydrogens (tertiary/aromatic N) is 3. The molecule has 0 amide bonds. The minimum Gasteiger partial charge on any atom is -0.303 e. The van der Waals surface area contributed by atoms with E-state index in [1.54, 1.807) is 0 Å². The van der Waals surface area contributed by atoms with Crippen molar-refractivity contribution < 1.29 is 4.79 Å². The first kappa shape index (κ1) is 10.1. The van der Waals surface area contributed by atoms with E-state index in [9.17, 15) is 4.79 Å². The Hall–Kier alpha value is -1.02. The van der Waals surface area contributed by atoms with Crippen molar-refractivity contribution in [1.29, 1.82) is 0 Å². The van der Waals surface area contributed by atoms with E-state index in [0.29, 0.717) is 6.42 Å². The Kier molecular flexibility index (Phi) is 4.33. The average Bonchev–Trinajstić information content (AvgIpc) is 2.33. The van der Waals surface area contributed by atoms with E-state index < -0.39 is 0 Å². The van der Waals surface area contributed by atoms with Gasteiger partial charge < -0.3 is 4.79 Å². The summed E-state index contributed by atoms with van der Waals surface area (Å²) in [5.41, 5.74) is 8.37. The molecule has 0 bridgehead atoms. The SMILES string of the molecule is [N-]=[N+]=N[C@@H]1CCCCC[C@H]1CC=O. The Bertz CT molecular complexity index is 211. The summed E-state index contributed by atoms with van der Waals surface area (Å²) in [4.78, 5) is 13.2. The van der Waals surface area contributed by atoms with Gasteiger partial charge in [0.15, 0.2) is 0 Å². The summed E-state index contributed by atoms with van der Waals surface area (Å²) in [5, 5.41) is 3.77. The third-order valence-corrected chi connectivity index (χ3v) is 2.72. The highest BCUT2D eigenvalue weighted by Gasteiger charge is 2.21. The molecule has 0 aliphatic heterocycles. The van der Waals surface area contributed by atoms with Crippen molar-refractivity contribution in [2.24, 2.45) is 11.0 Å². The van der Waals surface area contributed by atoms with Crippen molar-refractivity contribution in [3.63, 3.8) is 0 Å². The van der Waals surface area contributed by atoms with Gasteiger partial charge in [-0.1, -0.05) is 24.4 Å². The summed E-state index contributed by atoms with van der Waals surface area (Å²) in [7, 11) is 0. The zero-order valence-corrected chi connectivity index (χ0v) is 7.72. The highest BCUT2D eigenvalue weighted by atomic mass is 16.1.